The first-order chi connectivity index (χ1) is 17.1. The molecular formula is C27H30N6OS. The highest BCUT2D eigenvalue weighted by atomic mass is 32.2. The number of aromatic nitrogens is 2. The van der Waals surface area contributed by atoms with Gasteiger partial charge in [-0.1, -0.05) is 13.0 Å². The van der Waals surface area contributed by atoms with Crippen molar-refractivity contribution in [1.29, 1.82) is 10.5 Å². The monoisotopic (exact) mass is 486 g/mol. The molecule has 5 rings (SSSR count). The fourth-order valence-electron chi connectivity index (χ4n) is 5.48. The highest BCUT2D eigenvalue weighted by Gasteiger charge is 2.29. The van der Waals surface area contributed by atoms with Gasteiger partial charge in [0.05, 0.1) is 16.6 Å². The first kappa shape index (κ1) is 23.5. The number of likely N-dealkylation sites (tertiary alicyclic amines) is 1. The Balaban J connectivity index is 1.41. The third-order valence-corrected chi connectivity index (χ3v) is 8.40. The number of rotatable bonds is 6. The Kier molecular flexibility index (Phi) is 6.86. The van der Waals surface area contributed by atoms with E-state index in [-0.39, 0.29) is 0 Å². The van der Waals surface area contributed by atoms with Gasteiger partial charge in [-0.25, -0.2) is 4.98 Å². The number of anilines is 1. The van der Waals surface area contributed by atoms with Crippen LogP contribution in [-0.2, 0) is 12.2 Å². The molecule has 2 aliphatic rings. The molecule has 2 fully saturated rings. The van der Waals surface area contributed by atoms with Crippen molar-refractivity contribution in [3.05, 3.63) is 52.7 Å². The Morgan fingerprint density at radius 2 is 1.80 bits per heavy atom. The molecule has 0 radical (unpaired) electrons. The minimum absolute atomic E-state index is 0.521. The third-order valence-electron chi connectivity index (χ3n) is 7.36. The Bertz CT molecular complexity index is 1310. The number of nitriles is 2. The fraction of sp³-hybridized carbons (Fsp3) is 0.444. The lowest BCUT2D eigenvalue weighted by atomic mass is 9.99. The molecule has 3 aromatic rings. The SMILES string of the molecule is CCc1c(C#N)c(SCc2ccc3c(ccn3O)c2)nc(N2CCC(N3CCCC3)CC2)c1C#N. The quantitative estimate of drug-likeness (QED) is 0.390. The van der Waals surface area contributed by atoms with E-state index >= 15 is 0 Å². The predicted molar refractivity (Wildman–Crippen MR) is 138 cm³/mol. The van der Waals surface area contributed by atoms with Crippen molar-refractivity contribution < 1.29 is 5.21 Å². The van der Waals surface area contributed by atoms with E-state index in [0.717, 1.165) is 58.5 Å². The average Bonchev–Trinajstić information content (AvgIpc) is 3.56. The van der Waals surface area contributed by atoms with Gasteiger partial charge in [-0.2, -0.15) is 15.3 Å². The van der Waals surface area contributed by atoms with Crippen LogP contribution in [0.5, 0.6) is 0 Å². The summed E-state index contributed by atoms with van der Waals surface area (Å²) in [6, 6.07) is 13.2. The van der Waals surface area contributed by atoms with Crippen LogP contribution in [0.3, 0.4) is 0 Å². The Morgan fingerprint density at radius 3 is 2.49 bits per heavy atom. The minimum Gasteiger partial charge on any atom is -0.428 e. The summed E-state index contributed by atoms with van der Waals surface area (Å²) >= 11 is 1.54. The van der Waals surface area contributed by atoms with Crippen LogP contribution in [0.1, 0.15) is 54.9 Å². The van der Waals surface area contributed by atoms with E-state index < -0.39 is 0 Å². The zero-order valence-electron chi connectivity index (χ0n) is 20.1. The van der Waals surface area contributed by atoms with Crippen molar-refractivity contribution in [3.8, 4) is 12.1 Å². The first-order valence-corrected chi connectivity index (χ1v) is 13.4. The Labute approximate surface area is 210 Å². The molecule has 35 heavy (non-hydrogen) atoms. The molecule has 0 aliphatic carbocycles. The van der Waals surface area contributed by atoms with Gasteiger partial charge >= 0.3 is 0 Å². The molecule has 1 N–H and O–H groups in total. The maximum absolute atomic E-state index is 10.0. The number of nitrogens with zero attached hydrogens (tertiary/aromatic N) is 6. The third kappa shape index (κ3) is 4.57. The summed E-state index contributed by atoms with van der Waals surface area (Å²) in [5.41, 5.74) is 3.73. The van der Waals surface area contributed by atoms with Crippen LogP contribution in [0.4, 0.5) is 5.82 Å². The molecule has 2 saturated heterocycles. The van der Waals surface area contributed by atoms with Crippen molar-refractivity contribution >= 4 is 28.5 Å². The van der Waals surface area contributed by atoms with Crippen molar-refractivity contribution in [2.45, 2.75) is 55.8 Å². The van der Waals surface area contributed by atoms with E-state index in [1.165, 1.54) is 25.9 Å². The number of piperidine rings is 1. The molecule has 4 heterocycles. The fourth-order valence-corrected chi connectivity index (χ4v) is 6.43. The molecule has 0 amide bonds. The van der Waals surface area contributed by atoms with Crippen molar-refractivity contribution in [2.24, 2.45) is 0 Å². The minimum atomic E-state index is 0.521. The second kappa shape index (κ2) is 10.2. The molecule has 0 unspecified atom stereocenters. The summed E-state index contributed by atoms with van der Waals surface area (Å²) in [5, 5.41) is 31.5. The van der Waals surface area contributed by atoms with Gasteiger partial charge in [0.15, 0.2) is 0 Å². The van der Waals surface area contributed by atoms with Crippen LogP contribution in [-0.4, -0.2) is 52.0 Å². The Hall–Kier alpha value is -3.20. The topological polar surface area (TPSA) is 92.1 Å². The summed E-state index contributed by atoms with van der Waals surface area (Å²) in [7, 11) is 0. The van der Waals surface area contributed by atoms with Crippen LogP contribution in [0.15, 0.2) is 35.5 Å². The molecule has 7 nitrogen and oxygen atoms in total. The smallest absolute Gasteiger partial charge is 0.148 e. The maximum atomic E-state index is 10.0. The van der Waals surface area contributed by atoms with Crippen molar-refractivity contribution in [1.82, 2.24) is 14.6 Å². The zero-order chi connectivity index (χ0) is 24.4. The van der Waals surface area contributed by atoms with Crippen LogP contribution < -0.4 is 4.90 Å². The number of hydrogen-bond donors (Lipinski definition) is 1. The summed E-state index contributed by atoms with van der Waals surface area (Å²) in [5.74, 6) is 1.39. The van der Waals surface area contributed by atoms with E-state index in [9.17, 15) is 15.7 Å². The van der Waals surface area contributed by atoms with Crippen LogP contribution >= 0.6 is 11.8 Å². The van der Waals surface area contributed by atoms with E-state index in [1.54, 1.807) is 18.0 Å². The van der Waals surface area contributed by atoms with Crippen LogP contribution in [0.25, 0.3) is 10.9 Å². The van der Waals surface area contributed by atoms with Gasteiger partial charge in [0, 0.05) is 36.5 Å². The molecule has 2 aliphatic heterocycles. The molecular weight excluding hydrogens is 456 g/mol. The van der Waals surface area contributed by atoms with Crippen molar-refractivity contribution in [2.75, 3.05) is 31.1 Å². The highest BCUT2D eigenvalue weighted by Crippen LogP contribution is 2.35. The van der Waals surface area contributed by atoms with Gasteiger partial charge in [-0.05, 0) is 74.5 Å². The molecule has 180 valence electrons. The summed E-state index contributed by atoms with van der Waals surface area (Å²) in [6.45, 7) is 6.19. The number of pyridine rings is 1. The van der Waals surface area contributed by atoms with E-state index in [0.29, 0.717) is 34.4 Å². The second-order valence-corrected chi connectivity index (χ2v) is 10.3. The highest BCUT2D eigenvalue weighted by molar-refractivity contribution is 7.98. The van der Waals surface area contributed by atoms with Gasteiger partial charge in [-0.15, -0.1) is 11.8 Å². The molecule has 0 saturated carbocycles. The van der Waals surface area contributed by atoms with Crippen LogP contribution in [0, 0.1) is 22.7 Å². The summed E-state index contributed by atoms with van der Waals surface area (Å²) < 4.78 is 1.12. The number of benzene rings is 1. The zero-order valence-corrected chi connectivity index (χ0v) is 20.9. The van der Waals surface area contributed by atoms with Gasteiger partial charge in [0.2, 0.25) is 0 Å². The average molecular weight is 487 g/mol. The lowest BCUT2D eigenvalue weighted by Gasteiger charge is -2.37. The number of thioether (sulfide) groups is 1. The van der Waals surface area contributed by atoms with Gasteiger partial charge < -0.3 is 15.0 Å². The summed E-state index contributed by atoms with van der Waals surface area (Å²) in [6.07, 6.45) is 7.02. The molecule has 0 spiro atoms. The van der Waals surface area contributed by atoms with Crippen molar-refractivity contribution in [3.63, 3.8) is 0 Å². The molecule has 2 aromatic heterocycles. The largest absolute Gasteiger partial charge is 0.428 e. The lowest BCUT2D eigenvalue weighted by Crippen LogP contribution is -2.44. The van der Waals surface area contributed by atoms with Gasteiger partial charge in [-0.3, -0.25) is 0 Å². The summed E-state index contributed by atoms with van der Waals surface area (Å²) in [4.78, 5) is 9.81. The molecule has 8 heteroatoms. The van der Waals surface area contributed by atoms with Gasteiger partial charge in [0.25, 0.3) is 0 Å². The molecule has 1 aromatic carbocycles. The first-order valence-electron chi connectivity index (χ1n) is 12.4. The maximum Gasteiger partial charge on any atom is 0.148 e. The predicted octanol–water partition coefficient (Wildman–Crippen LogP) is 4.94. The normalized spacial score (nSPS) is 17.1. The van der Waals surface area contributed by atoms with E-state index in [1.807, 2.05) is 25.1 Å². The van der Waals surface area contributed by atoms with Crippen LogP contribution in [0.2, 0.25) is 0 Å². The standard InChI is InChI=1S/C27H30N6OS/c1-2-22-23(16-28)26(32-12-8-21(9-13-32)31-10-3-4-11-31)30-27(24(22)17-29)35-18-19-5-6-25-20(15-19)7-14-33(25)34/h5-7,14-15,21,34H,2-4,8-13,18H2,1H3. The number of hydrogen-bond acceptors (Lipinski definition) is 7. The van der Waals surface area contributed by atoms with E-state index in [4.69, 9.17) is 4.98 Å². The van der Waals surface area contributed by atoms with Gasteiger partial charge in [0.1, 0.15) is 23.0 Å². The van der Waals surface area contributed by atoms with E-state index in [2.05, 4.69) is 28.0 Å². The molecule has 0 bridgehead atoms. The molecule has 0 atom stereocenters. The number of fused-ring (bicyclic) bond motifs is 1. The lowest BCUT2D eigenvalue weighted by molar-refractivity contribution is 0.200. The second-order valence-electron chi connectivity index (χ2n) is 9.35. The Morgan fingerprint density at radius 1 is 1.06 bits per heavy atom.